The van der Waals surface area contributed by atoms with Crippen molar-refractivity contribution < 1.29 is 29.3 Å². The maximum atomic E-state index is 11.9. The van der Waals surface area contributed by atoms with E-state index in [1.807, 2.05) is 6.92 Å². The molecule has 2 N–H and O–H groups in total. The number of carbonyl (C=O) groups is 2. The van der Waals surface area contributed by atoms with Crippen LogP contribution in [0.2, 0.25) is 0 Å². The Balaban J connectivity index is 3.56. The van der Waals surface area contributed by atoms with Crippen LogP contribution in [-0.4, -0.2) is 47.6 Å². The molecule has 0 aromatic carbocycles. The third-order valence-electron chi connectivity index (χ3n) is 8.16. The van der Waals surface area contributed by atoms with Crippen LogP contribution in [0, 0.1) is 5.92 Å². The smallest absolute Gasteiger partial charge is 0.305 e. The quantitative estimate of drug-likeness (QED) is 0.0413. The number of esters is 2. The standard InChI is InChI=1S/C41H72O6/c1-4-38(42)32-28-24-20-16-12-7-5-6-8-13-17-21-25-29-33-40(44)46-35-39(43)36-47-41(45)34-30-26-22-18-14-10-9-11-15-19-23-27-31-37(2)3/h6-8,12,17,20-21,24,37-39,42-43H,4-5,9-11,13-16,18-19,22-23,25-36H2,1-3H3/b8-6-,12-7-,21-17-,24-20-/t38-,39-/m0/s1. The van der Waals surface area contributed by atoms with Crippen LogP contribution in [0.1, 0.15) is 168 Å². The molecule has 0 unspecified atom stereocenters. The highest BCUT2D eigenvalue weighted by Gasteiger charge is 2.12. The molecule has 0 saturated carbocycles. The molecule has 2 atom stereocenters. The van der Waals surface area contributed by atoms with Gasteiger partial charge >= 0.3 is 11.9 Å². The van der Waals surface area contributed by atoms with Crippen LogP contribution in [0.25, 0.3) is 0 Å². The van der Waals surface area contributed by atoms with Crippen LogP contribution in [0.5, 0.6) is 0 Å². The molecule has 0 rings (SSSR count). The highest BCUT2D eigenvalue weighted by molar-refractivity contribution is 5.69. The second kappa shape index (κ2) is 35.1. The Morgan fingerprint density at radius 2 is 0.915 bits per heavy atom. The molecule has 47 heavy (non-hydrogen) atoms. The van der Waals surface area contributed by atoms with E-state index in [0.29, 0.717) is 19.3 Å². The zero-order chi connectivity index (χ0) is 34.6. The maximum Gasteiger partial charge on any atom is 0.305 e. The summed E-state index contributed by atoms with van der Waals surface area (Å²) in [5, 5.41) is 19.5. The van der Waals surface area contributed by atoms with Gasteiger partial charge in [-0.25, -0.2) is 0 Å². The summed E-state index contributed by atoms with van der Waals surface area (Å²) >= 11 is 0. The van der Waals surface area contributed by atoms with Crippen molar-refractivity contribution in [3.8, 4) is 0 Å². The van der Waals surface area contributed by atoms with Crippen LogP contribution in [0.4, 0.5) is 0 Å². The molecule has 6 nitrogen and oxygen atoms in total. The fraction of sp³-hybridized carbons (Fsp3) is 0.756. The van der Waals surface area contributed by atoms with E-state index in [4.69, 9.17) is 9.47 Å². The summed E-state index contributed by atoms with van der Waals surface area (Å²) in [4.78, 5) is 23.9. The van der Waals surface area contributed by atoms with Crippen molar-refractivity contribution in [1.29, 1.82) is 0 Å². The van der Waals surface area contributed by atoms with Gasteiger partial charge in [-0.2, -0.15) is 0 Å². The first-order valence-corrected chi connectivity index (χ1v) is 19.1. The van der Waals surface area contributed by atoms with Gasteiger partial charge in [0.15, 0.2) is 0 Å². The van der Waals surface area contributed by atoms with Crippen LogP contribution in [0.15, 0.2) is 48.6 Å². The van der Waals surface area contributed by atoms with E-state index in [1.54, 1.807) is 0 Å². The largest absolute Gasteiger partial charge is 0.463 e. The minimum Gasteiger partial charge on any atom is -0.463 e. The highest BCUT2D eigenvalue weighted by atomic mass is 16.6. The molecule has 0 radical (unpaired) electrons. The third-order valence-corrected chi connectivity index (χ3v) is 8.16. The molecule has 0 amide bonds. The second-order valence-electron chi connectivity index (χ2n) is 13.3. The van der Waals surface area contributed by atoms with E-state index < -0.39 is 6.10 Å². The van der Waals surface area contributed by atoms with Crippen molar-refractivity contribution in [3.05, 3.63) is 48.6 Å². The molecule has 0 spiro atoms. The van der Waals surface area contributed by atoms with Crippen molar-refractivity contribution in [2.45, 2.75) is 181 Å². The lowest BCUT2D eigenvalue weighted by Gasteiger charge is -2.12. The summed E-state index contributed by atoms with van der Waals surface area (Å²) in [6.07, 6.45) is 39.7. The lowest BCUT2D eigenvalue weighted by atomic mass is 10.0. The predicted molar refractivity (Wildman–Crippen MR) is 197 cm³/mol. The molecule has 0 saturated heterocycles. The summed E-state index contributed by atoms with van der Waals surface area (Å²) in [6, 6.07) is 0. The number of aliphatic hydroxyl groups is 2. The topological polar surface area (TPSA) is 93.1 Å². The molecule has 0 fully saturated rings. The van der Waals surface area contributed by atoms with Gasteiger partial charge in [0.25, 0.3) is 0 Å². The number of hydrogen-bond acceptors (Lipinski definition) is 6. The van der Waals surface area contributed by atoms with Crippen molar-refractivity contribution in [2.24, 2.45) is 5.92 Å². The molecule has 6 heteroatoms. The Morgan fingerprint density at radius 3 is 1.38 bits per heavy atom. The van der Waals surface area contributed by atoms with Gasteiger partial charge in [0.05, 0.1) is 6.10 Å². The first kappa shape index (κ1) is 44.8. The van der Waals surface area contributed by atoms with Gasteiger partial charge in [-0.15, -0.1) is 0 Å². The predicted octanol–water partition coefficient (Wildman–Crippen LogP) is 10.7. The van der Waals surface area contributed by atoms with E-state index >= 15 is 0 Å². The van der Waals surface area contributed by atoms with Crippen molar-refractivity contribution in [2.75, 3.05) is 13.2 Å². The zero-order valence-corrected chi connectivity index (χ0v) is 30.6. The highest BCUT2D eigenvalue weighted by Crippen LogP contribution is 2.14. The molecule has 272 valence electrons. The number of aliphatic hydroxyl groups excluding tert-OH is 2. The molecular formula is C41H72O6. The summed E-state index contributed by atoms with van der Waals surface area (Å²) in [7, 11) is 0. The Hall–Kier alpha value is -2.18. The van der Waals surface area contributed by atoms with Crippen LogP contribution < -0.4 is 0 Å². The fourth-order valence-corrected chi connectivity index (χ4v) is 5.07. The number of rotatable bonds is 33. The molecular weight excluding hydrogens is 588 g/mol. The van der Waals surface area contributed by atoms with E-state index in [-0.39, 0.29) is 31.3 Å². The lowest BCUT2D eigenvalue weighted by Crippen LogP contribution is -2.25. The molecule has 0 bridgehead atoms. The van der Waals surface area contributed by atoms with E-state index in [1.165, 1.54) is 64.2 Å². The SMILES string of the molecule is CC[C@H](O)CC/C=C\C/C=C\C/C=C\C/C=C\CCCC(=O)OC[C@H](O)COC(=O)CCCCCCCCCCCCCCC(C)C. The van der Waals surface area contributed by atoms with Crippen LogP contribution in [0.3, 0.4) is 0 Å². The monoisotopic (exact) mass is 661 g/mol. The van der Waals surface area contributed by atoms with E-state index in [2.05, 4.69) is 62.5 Å². The van der Waals surface area contributed by atoms with Gasteiger partial charge in [-0.05, 0) is 63.7 Å². The van der Waals surface area contributed by atoms with Gasteiger partial charge in [0.1, 0.15) is 19.3 Å². The summed E-state index contributed by atoms with van der Waals surface area (Å²) < 4.78 is 10.3. The minimum atomic E-state index is -0.994. The summed E-state index contributed by atoms with van der Waals surface area (Å²) in [5.41, 5.74) is 0. The normalized spacial score (nSPS) is 13.5. The Bertz CT molecular complexity index is 828. The zero-order valence-electron chi connectivity index (χ0n) is 30.6. The number of unbranched alkanes of at least 4 members (excludes halogenated alkanes) is 12. The summed E-state index contributed by atoms with van der Waals surface area (Å²) in [5.74, 6) is 0.188. The van der Waals surface area contributed by atoms with Crippen LogP contribution >= 0.6 is 0 Å². The first-order chi connectivity index (χ1) is 22.8. The van der Waals surface area contributed by atoms with Crippen molar-refractivity contribution in [3.63, 3.8) is 0 Å². The van der Waals surface area contributed by atoms with Gasteiger partial charge in [-0.1, -0.05) is 146 Å². The Labute approximate surface area is 289 Å². The van der Waals surface area contributed by atoms with Crippen LogP contribution in [-0.2, 0) is 19.1 Å². The molecule has 0 aliphatic rings. The second-order valence-corrected chi connectivity index (χ2v) is 13.3. The number of ether oxygens (including phenoxy) is 2. The fourth-order valence-electron chi connectivity index (χ4n) is 5.07. The summed E-state index contributed by atoms with van der Waals surface area (Å²) in [6.45, 7) is 6.31. The molecule has 0 aliphatic heterocycles. The molecule has 0 aliphatic carbocycles. The van der Waals surface area contributed by atoms with Gasteiger partial charge in [0, 0.05) is 12.8 Å². The molecule has 0 aromatic heterocycles. The Morgan fingerprint density at radius 1 is 0.511 bits per heavy atom. The maximum absolute atomic E-state index is 11.9. The van der Waals surface area contributed by atoms with Gasteiger partial charge in [0.2, 0.25) is 0 Å². The average molecular weight is 661 g/mol. The van der Waals surface area contributed by atoms with E-state index in [9.17, 15) is 19.8 Å². The number of carbonyl (C=O) groups excluding carboxylic acids is 2. The first-order valence-electron chi connectivity index (χ1n) is 19.1. The van der Waals surface area contributed by atoms with Gasteiger partial charge in [-0.3, -0.25) is 9.59 Å². The Kier molecular flexibility index (Phi) is 33.5. The van der Waals surface area contributed by atoms with Crippen molar-refractivity contribution >= 4 is 11.9 Å². The third kappa shape index (κ3) is 36.5. The van der Waals surface area contributed by atoms with Gasteiger partial charge < -0.3 is 19.7 Å². The molecule has 0 aromatic rings. The minimum absolute atomic E-state index is 0.141. The lowest BCUT2D eigenvalue weighted by molar-refractivity contribution is -0.152. The molecule has 0 heterocycles. The number of hydrogen-bond donors (Lipinski definition) is 2. The average Bonchev–Trinajstić information content (AvgIpc) is 3.05. The van der Waals surface area contributed by atoms with Crippen molar-refractivity contribution in [1.82, 2.24) is 0 Å². The number of allylic oxidation sites excluding steroid dienone is 8. The van der Waals surface area contributed by atoms with E-state index in [0.717, 1.165) is 70.1 Å².